The van der Waals surface area contributed by atoms with Gasteiger partial charge in [-0.2, -0.15) is 11.8 Å². The summed E-state index contributed by atoms with van der Waals surface area (Å²) in [6.07, 6.45) is 4.51. The summed E-state index contributed by atoms with van der Waals surface area (Å²) in [5.41, 5.74) is 4.62. The van der Waals surface area contributed by atoms with Crippen molar-refractivity contribution in [2.24, 2.45) is 0 Å². The van der Waals surface area contributed by atoms with Crippen molar-refractivity contribution in [3.8, 4) is 23.5 Å². The van der Waals surface area contributed by atoms with Crippen molar-refractivity contribution >= 4 is 29.7 Å². The number of carboxylic acid groups (broad SMARTS) is 1. The summed E-state index contributed by atoms with van der Waals surface area (Å²) in [6, 6.07) is 15.1. The molecule has 0 radical (unpaired) electrons. The second kappa shape index (κ2) is 11.3. The largest absolute Gasteiger partial charge is 0.480 e. The molecule has 1 aliphatic rings. The van der Waals surface area contributed by atoms with Crippen molar-refractivity contribution in [2.75, 3.05) is 24.7 Å². The number of rotatable bonds is 10. The van der Waals surface area contributed by atoms with Crippen LogP contribution in [-0.4, -0.2) is 53.8 Å². The number of benzene rings is 2. The van der Waals surface area contributed by atoms with Gasteiger partial charge in [-0.25, -0.2) is 9.59 Å². The molecule has 2 amide bonds. The molecule has 0 heterocycles. The lowest BCUT2D eigenvalue weighted by molar-refractivity contribution is -0.141. The minimum atomic E-state index is -1.17. The van der Waals surface area contributed by atoms with E-state index in [0.717, 1.165) is 11.1 Å². The first-order valence-corrected chi connectivity index (χ1v) is 11.3. The van der Waals surface area contributed by atoms with E-state index in [4.69, 9.17) is 16.3 Å². The van der Waals surface area contributed by atoms with Gasteiger partial charge in [0.05, 0.1) is 5.75 Å². The van der Waals surface area contributed by atoms with Crippen LogP contribution in [-0.2, 0) is 14.3 Å². The van der Waals surface area contributed by atoms with E-state index >= 15 is 0 Å². The van der Waals surface area contributed by atoms with Crippen molar-refractivity contribution in [2.45, 2.75) is 18.4 Å². The van der Waals surface area contributed by atoms with Gasteiger partial charge in [0.25, 0.3) is 0 Å². The number of carbonyl (C=O) groups is 3. The third kappa shape index (κ3) is 5.83. The lowest BCUT2D eigenvalue weighted by Crippen LogP contribution is -2.41. The maximum Gasteiger partial charge on any atom is 0.407 e. The summed E-state index contributed by atoms with van der Waals surface area (Å²) in [6.45, 7) is 0.558. The first kappa shape index (κ1) is 23.2. The first-order valence-electron chi connectivity index (χ1n) is 10.1. The zero-order chi connectivity index (χ0) is 22.9. The molecule has 0 bridgehead atoms. The Bertz CT molecular complexity index is 988. The fraction of sp³-hybridized carbons (Fsp3) is 0.292. The van der Waals surface area contributed by atoms with E-state index in [0.29, 0.717) is 12.3 Å². The van der Waals surface area contributed by atoms with Gasteiger partial charge in [-0.1, -0.05) is 48.5 Å². The number of thioether (sulfide) groups is 1. The highest BCUT2D eigenvalue weighted by Crippen LogP contribution is 2.44. The Morgan fingerprint density at radius 1 is 1.09 bits per heavy atom. The van der Waals surface area contributed by atoms with Gasteiger partial charge in [0, 0.05) is 24.6 Å². The van der Waals surface area contributed by atoms with Gasteiger partial charge in [0.2, 0.25) is 5.91 Å². The van der Waals surface area contributed by atoms with Gasteiger partial charge < -0.3 is 20.5 Å². The zero-order valence-corrected chi connectivity index (χ0v) is 18.2. The van der Waals surface area contributed by atoms with E-state index in [1.165, 1.54) is 22.9 Å². The van der Waals surface area contributed by atoms with Crippen LogP contribution in [0.2, 0.25) is 0 Å². The Hall–Kier alpha value is -3.44. The summed E-state index contributed by atoms with van der Waals surface area (Å²) < 4.78 is 5.45. The Morgan fingerprint density at radius 2 is 1.72 bits per heavy atom. The van der Waals surface area contributed by atoms with Crippen LogP contribution in [0.1, 0.15) is 23.5 Å². The van der Waals surface area contributed by atoms with Gasteiger partial charge in [-0.15, -0.1) is 12.3 Å². The van der Waals surface area contributed by atoms with Gasteiger partial charge in [0.15, 0.2) is 0 Å². The normalized spacial score (nSPS) is 12.7. The minimum absolute atomic E-state index is 0.00332. The second-order valence-corrected chi connectivity index (χ2v) is 8.28. The van der Waals surface area contributed by atoms with Crippen LogP contribution in [0.15, 0.2) is 48.5 Å². The van der Waals surface area contributed by atoms with Gasteiger partial charge >= 0.3 is 12.1 Å². The van der Waals surface area contributed by atoms with E-state index in [-0.39, 0.29) is 24.7 Å². The average molecular weight is 453 g/mol. The van der Waals surface area contributed by atoms with Crippen molar-refractivity contribution in [1.29, 1.82) is 0 Å². The molecule has 7 nitrogen and oxygen atoms in total. The number of hydrogen-bond acceptors (Lipinski definition) is 5. The highest BCUT2D eigenvalue weighted by Gasteiger charge is 2.28. The third-order valence-corrected chi connectivity index (χ3v) is 6.01. The van der Waals surface area contributed by atoms with Gasteiger partial charge in [-0.05, 0) is 22.3 Å². The standard InChI is InChI=1S/C24H24N2O5S/c1-2-7-21(23(28)29)26-22(27)15-32-13-12-25-24(30)31-14-20-18-10-5-3-8-16(18)17-9-4-6-11-19(17)20/h1,3-6,8-11,20-21H,7,12-15H2,(H,25,30)(H,26,27)(H,28,29). The van der Waals surface area contributed by atoms with Crippen LogP contribution in [0, 0.1) is 12.3 Å². The molecular formula is C24H24N2O5S. The highest BCUT2D eigenvalue weighted by atomic mass is 32.2. The SMILES string of the molecule is C#CCC(NC(=O)CSCCNC(=O)OCC1c2ccccc2-c2ccccc21)C(=O)O. The van der Waals surface area contributed by atoms with Crippen LogP contribution in [0.4, 0.5) is 4.79 Å². The quantitative estimate of drug-likeness (QED) is 0.378. The number of hydrogen-bond donors (Lipinski definition) is 3. The molecule has 166 valence electrons. The van der Waals surface area contributed by atoms with Crippen molar-refractivity contribution in [3.05, 3.63) is 59.7 Å². The second-order valence-electron chi connectivity index (χ2n) is 7.17. The fourth-order valence-corrected chi connectivity index (χ4v) is 4.25. The molecule has 1 aliphatic carbocycles. The Labute approximate surface area is 190 Å². The van der Waals surface area contributed by atoms with E-state index in [9.17, 15) is 14.4 Å². The average Bonchev–Trinajstić information content (AvgIpc) is 3.11. The van der Waals surface area contributed by atoms with Crippen LogP contribution in [0.25, 0.3) is 11.1 Å². The van der Waals surface area contributed by atoms with Gasteiger partial charge in [-0.3, -0.25) is 4.79 Å². The fourth-order valence-electron chi connectivity index (χ4n) is 3.59. The predicted molar refractivity (Wildman–Crippen MR) is 123 cm³/mol. The van der Waals surface area contributed by atoms with Crippen LogP contribution >= 0.6 is 11.8 Å². The molecule has 32 heavy (non-hydrogen) atoms. The van der Waals surface area contributed by atoms with E-state index < -0.39 is 24.0 Å². The highest BCUT2D eigenvalue weighted by molar-refractivity contribution is 7.99. The summed E-state index contributed by atoms with van der Waals surface area (Å²) >= 11 is 1.27. The number of aliphatic carboxylic acids is 1. The molecule has 0 aromatic heterocycles. The smallest absolute Gasteiger partial charge is 0.407 e. The molecule has 0 saturated carbocycles. The predicted octanol–water partition coefficient (Wildman–Crippen LogP) is 2.85. The summed E-state index contributed by atoms with van der Waals surface area (Å²) in [4.78, 5) is 34.9. The van der Waals surface area contributed by atoms with Crippen molar-refractivity contribution in [3.63, 3.8) is 0 Å². The molecule has 0 saturated heterocycles. The minimum Gasteiger partial charge on any atom is -0.480 e. The molecule has 2 aromatic carbocycles. The van der Waals surface area contributed by atoms with E-state index in [2.05, 4.69) is 40.8 Å². The van der Waals surface area contributed by atoms with Crippen molar-refractivity contribution < 1.29 is 24.2 Å². The number of amides is 2. The lowest BCUT2D eigenvalue weighted by Gasteiger charge is -2.14. The van der Waals surface area contributed by atoms with Crippen LogP contribution < -0.4 is 10.6 Å². The maximum absolute atomic E-state index is 12.1. The van der Waals surface area contributed by atoms with Crippen molar-refractivity contribution in [1.82, 2.24) is 10.6 Å². The molecule has 1 atom stereocenters. The molecule has 8 heteroatoms. The number of nitrogens with one attached hydrogen (secondary N) is 2. The number of fused-ring (bicyclic) bond motifs is 3. The molecule has 3 N–H and O–H groups in total. The molecule has 0 spiro atoms. The Kier molecular flexibility index (Phi) is 8.17. The summed E-state index contributed by atoms with van der Waals surface area (Å²) in [5, 5.41) is 14.0. The summed E-state index contributed by atoms with van der Waals surface area (Å²) in [5.74, 6) is 1.18. The number of carbonyl (C=O) groups excluding carboxylic acids is 2. The number of terminal acetylenes is 1. The lowest BCUT2D eigenvalue weighted by atomic mass is 9.98. The molecular weight excluding hydrogens is 428 g/mol. The van der Waals surface area contributed by atoms with E-state index in [1.807, 2.05) is 24.3 Å². The molecule has 0 aliphatic heterocycles. The summed E-state index contributed by atoms with van der Waals surface area (Å²) in [7, 11) is 0. The van der Waals surface area contributed by atoms with Crippen LogP contribution in [0.5, 0.6) is 0 Å². The van der Waals surface area contributed by atoms with Crippen LogP contribution in [0.3, 0.4) is 0 Å². The van der Waals surface area contributed by atoms with E-state index in [1.54, 1.807) is 0 Å². The Balaban J connectivity index is 1.38. The zero-order valence-electron chi connectivity index (χ0n) is 17.4. The monoisotopic (exact) mass is 452 g/mol. The number of ether oxygens (including phenoxy) is 1. The topological polar surface area (TPSA) is 105 Å². The molecule has 1 unspecified atom stereocenters. The number of alkyl carbamates (subject to hydrolysis) is 1. The number of carboxylic acids is 1. The third-order valence-electron chi connectivity index (χ3n) is 5.05. The molecule has 2 aromatic rings. The molecule has 0 fully saturated rings. The maximum atomic E-state index is 12.1. The Morgan fingerprint density at radius 3 is 2.31 bits per heavy atom. The van der Waals surface area contributed by atoms with Gasteiger partial charge in [0.1, 0.15) is 12.6 Å². The molecule has 3 rings (SSSR count). The first-order chi connectivity index (χ1) is 15.5.